The molecular weight excluding hydrogens is 310 g/mol. The molecule has 0 radical (unpaired) electrons. The summed E-state index contributed by atoms with van der Waals surface area (Å²) >= 11 is 1.26. The van der Waals surface area contributed by atoms with E-state index in [0.717, 1.165) is 0 Å². The third kappa shape index (κ3) is 3.23. The maximum absolute atomic E-state index is 11.1. The van der Waals surface area contributed by atoms with Gasteiger partial charge in [0, 0.05) is 11.4 Å². The Kier molecular flexibility index (Phi) is 4.73. The van der Waals surface area contributed by atoms with Crippen molar-refractivity contribution in [1.82, 2.24) is 4.98 Å². The van der Waals surface area contributed by atoms with E-state index in [1.807, 2.05) is 0 Å². The number of ether oxygens (including phenoxy) is 2. The SMILES string of the molecule is COc1ccc([N+](=O)[O-])c(C=NNc2nc(N)cs2)c1OC. The van der Waals surface area contributed by atoms with E-state index in [4.69, 9.17) is 15.2 Å². The van der Waals surface area contributed by atoms with Crippen LogP contribution in [-0.4, -0.2) is 30.3 Å². The Bertz CT molecular complexity index is 716. The molecule has 9 nitrogen and oxygen atoms in total. The fourth-order valence-electron chi connectivity index (χ4n) is 1.71. The number of hydrazone groups is 1. The molecule has 0 aliphatic carbocycles. The molecule has 3 N–H and O–H groups in total. The van der Waals surface area contributed by atoms with Gasteiger partial charge in [-0.1, -0.05) is 0 Å². The third-order valence-electron chi connectivity index (χ3n) is 2.63. The molecule has 0 spiro atoms. The summed E-state index contributed by atoms with van der Waals surface area (Å²) in [6.45, 7) is 0. The predicted octanol–water partition coefficient (Wildman–Crippen LogP) is 2.10. The van der Waals surface area contributed by atoms with Crippen LogP contribution < -0.4 is 20.6 Å². The van der Waals surface area contributed by atoms with E-state index in [-0.39, 0.29) is 17.0 Å². The van der Waals surface area contributed by atoms with E-state index in [9.17, 15) is 10.1 Å². The Morgan fingerprint density at radius 1 is 1.45 bits per heavy atom. The maximum atomic E-state index is 11.1. The molecule has 0 unspecified atom stereocenters. The highest BCUT2D eigenvalue weighted by Crippen LogP contribution is 2.35. The average molecular weight is 323 g/mol. The van der Waals surface area contributed by atoms with Crippen molar-refractivity contribution in [3.8, 4) is 11.5 Å². The molecule has 1 heterocycles. The summed E-state index contributed by atoms with van der Waals surface area (Å²) in [5.41, 5.74) is 8.17. The number of nitrogens with one attached hydrogen (secondary N) is 1. The van der Waals surface area contributed by atoms with Crippen molar-refractivity contribution >= 4 is 34.2 Å². The first-order valence-electron chi connectivity index (χ1n) is 5.96. The van der Waals surface area contributed by atoms with Gasteiger partial charge in [0.05, 0.1) is 25.4 Å². The van der Waals surface area contributed by atoms with Gasteiger partial charge in [0.1, 0.15) is 11.4 Å². The van der Waals surface area contributed by atoms with Gasteiger partial charge in [-0.25, -0.2) is 4.98 Å². The number of nitrogens with two attached hydrogens (primary N) is 1. The molecule has 0 aliphatic heterocycles. The molecule has 1 aromatic heterocycles. The van der Waals surface area contributed by atoms with Crippen molar-refractivity contribution in [3.05, 3.63) is 33.2 Å². The molecule has 1 aromatic carbocycles. The van der Waals surface area contributed by atoms with E-state index in [1.165, 1.54) is 43.9 Å². The topological polar surface area (TPSA) is 125 Å². The predicted molar refractivity (Wildman–Crippen MR) is 83.9 cm³/mol. The summed E-state index contributed by atoms with van der Waals surface area (Å²) in [5, 5.41) is 17.2. The number of thiazole rings is 1. The van der Waals surface area contributed by atoms with Gasteiger partial charge >= 0.3 is 0 Å². The minimum Gasteiger partial charge on any atom is -0.493 e. The molecule has 10 heteroatoms. The third-order valence-corrected chi connectivity index (χ3v) is 3.40. The fraction of sp³-hybridized carbons (Fsp3) is 0.167. The van der Waals surface area contributed by atoms with Crippen molar-refractivity contribution in [2.24, 2.45) is 5.10 Å². The van der Waals surface area contributed by atoms with E-state index >= 15 is 0 Å². The number of nitro benzene ring substituents is 1. The van der Waals surface area contributed by atoms with Crippen LogP contribution in [0.4, 0.5) is 16.6 Å². The summed E-state index contributed by atoms with van der Waals surface area (Å²) in [5.74, 6) is 0.960. The van der Waals surface area contributed by atoms with Crippen LogP contribution in [0.15, 0.2) is 22.6 Å². The summed E-state index contributed by atoms with van der Waals surface area (Å²) in [4.78, 5) is 14.6. The van der Waals surface area contributed by atoms with Gasteiger partial charge < -0.3 is 15.2 Å². The zero-order valence-corrected chi connectivity index (χ0v) is 12.6. The zero-order chi connectivity index (χ0) is 16.1. The summed E-state index contributed by atoms with van der Waals surface area (Å²) in [6, 6.07) is 2.79. The average Bonchev–Trinajstić information content (AvgIpc) is 2.91. The molecule has 0 aliphatic rings. The molecule has 0 bridgehead atoms. The van der Waals surface area contributed by atoms with Gasteiger partial charge in [-0.15, -0.1) is 11.3 Å². The number of nitrogen functional groups attached to an aromatic ring is 1. The molecular formula is C12H13N5O4S. The highest BCUT2D eigenvalue weighted by molar-refractivity contribution is 7.14. The molecule has 0 atom stereocenters. The Balaban J connectivity index is 2.36. The van der Waals surface area contributed by atoms with Crippen LogP contribution in [0.2, 0.25) is 0 Å². The van der Waals surface area contributed by atoms with Crippen LogP contribution in [0.3, 0.4) is 0 Å². The van der Waals surface area contributed by atoms with Gasteiger partial charge in [-0.2, -0.15) is 5.10 Å². The number of nitrogens with zero attached hydrogens (tertiary/aromatic N) is 3. The minimum atomic E-state index is -0.523. The highest BCUT2D eigenvalue weighted by atomic mass is 32.1. The molecule has 0 fully saturated rings. The first kappa shape index (κ1) is 15.5. The van der Waals surface area contributed by atoms with E-state index in [0.29, 0.717) is 16.7 Å². The molecule has 0 saturated heterocycles. The lowest BCUT2D eigenvalue weighted by atomic mass is 10.1. The molecule has 22 heavy (non-hydrogen) atoms. The molecule has 2 rings (SSSR count). The number of methoxy groups -OCH3 is 2. The first-order valence-corrected chi connectivity index (χ1v) is 6.84. The van der Waals surface area contributed by atoms with Gasteiger partial charge in [0.25, 0.3) is 5.69 Å². The van der Waals surface area contributed by atoms with Gasteiger partial charge in [0.15, 0.2) is 11.5 Å². The van der Waals surface area contributed by atoms with Crippen molar-refractivity contribution in [3.63, 3.8) is 0 Å². The van der Waals surface area contributed by atoms with Gasteiger partial charge in [-0.3, -0.25) is 15.5 Å². The molecule has 116 valence electrons. The number of anilines is 2. The Labute approximate surface area is 129 Å². The standard InChI is InChI=1S/C12H13N5O4S/c1-20-9-4-3-8(17(18)19)7(11(9)21-2)5-14-16-12-15-10(13)6-22-12/h3-6H,13H2,1-2H3,(H,15,16). The van der Waals surface area contributed by atoms with Crippen molar-refractivity contribution in [1.29, 1.82) is 0 Å². The largest absolute Gasteiger partial charge is 0.493 e. The van der Waals surface area contributed by atoms with E-state index in [2.05, 4.69) is 15.5 Å². The number of benzene rings is 1. The number of rotatable bonds is 6. The Morgan fingerprint density at radius 2 is 2.23 bits per heavy atom. The van der Waals surface area contributed by atoms with Crippen LogP contribution in [0.1, 0.15) is 5.56 Å². The van der Waals surface area contributed by atoms with Crippen LogP contribution in [0, 0.1) is 10.1 Å². The fourth-order valence-corrected chi connectivity index (χ4v) is 2.26. The van der Waals surface area contributed by atoms with Gasteiger partial charge in [-0.05, 0) is 6.07 Å². The Morgan fingerprint density at radius 3 is 2.77 bits per heavy atom. The van der Waals surface area contributed by atoms with Crippen molar-refractivity contribution < 1.29 is 14.4 Å². The number of hydrogen-bond acceptors (Lipinski definition) is 9. The van der Waals surface area contributed by atoms with E-state index in [1.54, 1.807) is 5.38 Å². The number of aromatic nitrogens is 1. The van der Waals surface area contributed by atoms with E-state index < -0.39 is 4.92 Å². The van der Waals surface area contributed by atoms with Crippen LogP contribution in [0.5, 0.6) is 11.5 Å². The minimum absolute atomic E-state index is 0.151. The van der Waals surface area contributed by atoms with Gasteiger partial charge in [0.2, 0.25) is 5.13 Å². The number of nitro groups is 1. The second-order valence-corrected chi connectivity index (χ2v) is 4.80. The lowest BCUT2D eigenvalue weighted by Gasteiger charge is -2.10. The first-order chi connectivity index (χ1) is 10.6. The second kappa shape index (κ2) is 6.72. The summed E-state index contributed by atoms with van der Waals surface area (Å²) < 4.78 is 10.3. The normalized spacial score (nSPS) is 10.6. The maximum Gasteiger partial charge on any atom is 0.282 e. The van der Waals surface area contributed by atoms with Crippen LogP contribution >= 0.6 is 11.3 Å². The number of hydrogen-bond donors (Lipinski definition) is 2. The smallest absolute Gasteiger partial charge is 0.282 e. The van der Waals surface area contributed by atoms with Crippen molar-refractivity contribution in [2.45, 2.75) is 0 Å². The molecule has 0 saturated carbocycles. The molecule has 0 amide bonds. The van der Waals surface area contributed by atoms with Crippen LogP contribution in [0.25, 0.3) is 0 Å². The van der Waals surface area contributed by atoms with Crippen LogP contribution in [-0.2, 0) is 0 Å². The summed E-state index contributed by atoms with van der Waals surface area (Å²) in [6.07, 6.45) is 1.27. The zero-order valence-electron chi connectivity index (χ0n) is 11.8. The monoisotopic (exact) mass is 323 g/mol. The summed E-state index contributed by atoms with van der Waals surface area (Å²) in [7, 11) is 2.84. The van der Waals surface area contributed by atoms with Crippen molar-refractivity contribution in [2.75, 3.05) is 25.4 Å². The second-order valence-electron chi connectivity index (χ2n) is 3.94. The quantitative estimate of drug-likeness (QED) is 0.473. The lowest BCUT2D eigenvalue weighted by Crippen LogP contribution is -2.02. The molecule has 2 aromatic rings. The Hall–Kier alpha value is -2.88. The lowest BCUT2D eigenvalue weighted by molar-refractivity contribution is -0.385. The highest BCUT2D eigenvalue weighted by Gasteiger charge is 2.21.